The van der Waals surface area contributed by atoms with Crippen molar-refractivity contribution in [3.05, 3.63) is 46.4 Å². The van der Waals surface area contributed by atoms with Gasteiger partial charge in [-0.1, -0.05) is 51.3 Å². The number of likely N-dealkylation sites (tertiary alicyclic amines) is 1. The van der Waals surface area contributed by atoms with Crippen LogP contribution in [0.15, 0.2) is 35.3 Å². The highest BCUT2D eigenvalue weighted by Gasteiger charge is 2.30. The third kappa shape index (κ3) is 3.38. The van der Waals surface area contributed by atoms with Gasteiger partial charge in [-0.15, -0.1) is 0 Å². The summed E-state index contributed by atoms with van der Waals surface area (Å²) in [5, 5.41) is 1.82. The van der Waals surface area contributed by atoms with Crippen LogP contribution in [-0.2, 0) is 7.05 Å². The van der Waals surface area contributed by atoms with Gasteiger partial charge in [0.15, 0.2) is 0 Å². The monoisotopic (exact) mass is 419 g/mol. The maximum absolute atomic E-state index is 13.9. The Morgan fingerprint density at radius 2 is 1.68 bits per heavy atom. The zero-order chi connectivity index (χ0) is 21.7. The van der Waals surface area contributed by atoms with Gasteiger partial charge in [0.25, 0.3) is 11.5 Å². The number of nitrogens with zero attached hydrogens (tertiary/aromatic N) is 3. The molecule has 1 saturated carbocycles. The Kier molecular flexibility index (Phi) is 5.15. The lowest BCUT2D eigenvalue weighted by Crippen LogP contribution is -2.43. The molecular formula is C26H33N3O2. The summed E-state index contributed by atoms with van der Waals surface area (Å²) in [6.45, 7) is 6.04. The van der Waals surface area contributed by atoms with E-state index in [0.717, 1.165) is 61.5 Å². The van der Waals surface area contributed by atoms with Gasteiger partial charge >= 0.3 is 0 Å². The molecule has 2 fully saturated rings. The largest absolute Gasteiger partial charge is 0.339 e. The Hall–Kier alpha value is -2.56. The fourth-order valence-corrected chi connectivity index (χ4v) is 6.09. The van der Waals surface area contributed by atoms with Gasteiger partial charge < -0.3 is 14.0 Å². The van der Waals surface area contributed by atoms with Crippen LogP contribution in [0.4, 0.5) is 0 Å². The molecule has 164 valence electrons. The van der Waals surface area contributed by atoms with Crippen LogP contribution in [0.25, 0.3) is 21.8 Å². The highest BCUT2D eigenvalue weighted by Crippen LogP contribution is 2.33. The number of amides is 1. The third-order valence-corrected chi connectivity index (χ3v) is 7.44. The minimum atomic E-state index is 0.0394. The zero-order valence-corrected chi connectivity index (χ0v) is 18.9. The minimum Gasteiger partial charge on any atom is -0.339 e. The molecule has 5 heteroatoms. The van der Waals surface area contributed by atoms with E-state index in [1.807, 2.05) is 51.5 Å². The van der Waals surface area contributed by atoms with Gasteiger partial charge in [0.2, 0.25) is 0 Å². The minimum absolute atomic E-state index is 0.0394. The predicted octanol–water partition coefficient (Wildman–Crippen LogP) is 5.12. The van der Waals surface area contributed by atoms with Crippen molar-refractivity contribution in [2.45, 2.75) is 58.4 Å². The molecule has 1 saturated heterocycles. The molecule has 0 unspecified atom stereocenters. The van der Waals surface area contributed by atoms with Crippen molar-refractivity contribution in [3.63, 3.8) is 0 Å². The summed E-state index contributed by atoms with van der Waals surface area (Å²) in [6, 6.07) is 8.26. The van der Waals surface area contributed by atoms with E-state index in [-0.39, 0.29) is 17.5 Å². The number of carbonyl (C=O) groups excluding carboxylic acids is 1. The second-order valence-corrected chi connectivity index (χ2v) is 10.0. The van der Waals surface area contributed by atoms with Gasteiger partial charge in [0, 0.05) is 48.7 Å². The van der Waals surface area contributed by atoms with Gasteiger partial charge in [-0.25, -0.2) is 0 Å². The van der Waals surface area contributed by atoms with Crippen LogP contribution in [0.1, 0.15) is 68.8 Å². The molecule has 3 aromatic rings. The van der Waals surface area contributed by atoms with E-state index >= 15 is 0 Å². The van der Waals surface area contributed by atoms with Gasteiger partial charge in [-0.2, -0.15) is 0 Å². The first kappa shape index (κ1) is 20.3. The number of aryl methyl sites for hydroxylation is 1. The molecule has 5 rings (SSSR count). The average Bonchev–Trinajstić information content (AvgIpc) is 3.07. The van der Waals surface area contributed by atoms with E-state index < -0.39 is 0 Å². The Bertz CT molecular complexity index is 1190. The van der Waals surface area contributed by atoms with Crippen molar-refractivity contribution in [3.8, 4) is 0 Å². The summed E-state index contributed by atoms with van der Waals surface area (Å²) < 4.78 is 3.88. The maximum atomic E-state index is 13.9. The molecular weight excluding hydrogens is 386 g/mol. The molecule has 5 nitrogen and oxygen atoms in total. The number of benzene rings is 1. The highest BCUT2D eigenvalue weighted by molar-refractivity contribution is 6.17. The molecule has 31 heavy (non-hydrogen) atoms. The number of carbonyl (C=O) groups is 1. The molecule has 2 atom stereocenters. The van der Waals surface area contributed by atoms with E-state index in [1.165, 1.54) is 6.42 Å². The smallest absolute Gasteiger partial charge is 0.275 e. The second kappa shape index (κ2) is 7.85. The van der Waals surface area contributed by atoms with Crippen LogP contribution < -0.4 is 5.56 Å². The normalized spacial score (nSPS) is 23.0. The number of fused-ring (bicyclic) bond motifs is 3. The molecule has 2 aliphatic rings. The second-order valence-electron chi connectivity index (χ2n) is 10.0. The summed E-state index contributed by atoms with van der Waals surface area (Å²) in [4.78, 5) is 29.6. The first-order valence-corrected chi connectivity index (χ1v) is 11.9. The van der Waals surface area contributed by atoms with Crippen molar-refractivity contribution in [2.75, 3.05) is 13.1 Å². The van der Waals surface area contributed by atoms with E-state index in [0.29, 0.717) is 22.9 Å². The summed E-state index contributed by atoms with van der Waals surface area (Å²) >= 11 is 0. The molecule has 1 aliphatic heterocycles. The number of hydrogen-bond acceptors (Lipinski definition) is 2. The van der Waals surface area contributed by atoms with E-state index in [4.69, 9.17) is 0 Å². The van der Waals surface area contributed by atoms with Crippen LogP contribution in [0.5, 0.6) is 0 Å². The Balaban J connectivity index is 1.75. The average molecular weight is 420 g/mol. The van der Waals surface area contributed by atoms with Crippen molar-refractivity contribution in [2.24, 2.45) is 18.9 Å². The highest BCUT2D eigenvalue weighted by atomic mass is 16.2. The lowest BCUT2D eigenvalue weighted by Gasteiger charge is -2.35. The summed E-state index contributed by atoms with van der Waals surface area (Å²) in [6.07, 6.45) is 8.62. The van der Waals surface area contributed by atoms with E-state index in [2.05, 4.69) is 13.8 Å². The van der Waals surface area contributed by atoms with Crippen LogP contribution in [0.3, 0.4) is 0 Å². The fourth-order valence-electron chi connectivity index (χ4n) is 6.09. The molecule has 0 radical (unpaired) electrons. The van der Waals surface area contributed by atoms with Crippen molar-refractivity contribution < 1.29 is 4.79 Å². The topological polar surface area (TPSA) is 47.2 Å². The summed E-state index contributed by atoms with van der Waals surface area (Å²) in [7, 11) is 1.95. The summed E-state index contributed by atoms with van der Waals surface area (Å²) in [5.41, 5.74) is 2.40. The molecule has 0 N–H and O–H groups in total. The van der Waals surface area contributed by atoms with Crippen molar-refractivity contribution in [1.82, 2.24) is 14.0 Å². The number of hydrogen-bond donors (Lipinski definition) is 0. The lowest BCUT2D eigenvalue weighted by molar-refractivity contribution is 0.0624. The van der Waals surface area contributed by atoms with Gasteiger partial charge in [0.1, 0.15) is 5.52 Å². The SMILES string of the molecule is C[C@@H]1C[C@@H](C)CN(C(=O)c2cn(C3CCCCC3)c(=O)c3c2c2ccccc2n3C)C1. The number of rotatable bonds is 2. The first-order chi connectivity index (χ1) is 15.0. The Labute approximate surface area is 183 Å². The quantitative estimate of drug-likeness (QED) is 0.579. The zero-order valence-electron chi connectivity index (χ0n) is 18.9. The number of piperidine rings is 1. The van der Waals surface area contributed by atoms with Crippen molar-refractivity contribution >= 4 is 27.7 Å². The number of para-hydroxylation sites is 1. The number of pyridine rings is 1. The summed E-state index contributed by atoms with van der Waals surface area (Å²) in [5.74, 6) is 1.07. The van der Waals surface area contributed by atoms with E-state index in [9.17, 15) is 9.59 Å². The standard InChI is InChI=1S/C26H33N3O2/c1-17-13-18(2)15-28(14-17)25(30)21-16-29(19-9-5-4-6-10-19)26(31)24-23(21)20-11-7-8-12-22(20)27(24)3/h7-8,11-12,16-19H,4-6,9-10,13-15H2,1-3H3/t17-,18-/m1/s1. The first-order valence-electron chi connectivity index (χ1n) is 11.9. The molecule has 2 aromatic heterocycles. The maximum Gasteiger partial charge on any atom is 0.275 e. The molecule has 1 amide bonds. The molecule has 1 aliphatic carbocycles. The Morgan fingerprint density at radius 3 is 2.39 bits per heavy atom. The van der Waals surface area contributed by atoms with Crippen LogP contribution in [0.2, 0.25) is 0 Å². The third-order valence-electron chi connectivity index (χ3n) is 7.44. The molecule has 0 bridgehead atoms. The fraction of sp³-hybridized carbons (Fsp3) is 0.538. The molecule has 0 spiro atoms. The number of aromatic nitrogens is 2. The van der Waals surface area contributed by atoms with Crippen molar-refractivity contribution in [1.29, 1.82) is 0 Å². The van der Waals surface area contributed by atoms with Gasteiger partial charge in [0.05, 0.1) is 5.56 Å². The van der Waals surface area contributed by atoms with Crippen LogP contribution in [0, 0.1) is 11.8 Å². The predicted molar refractivity (Wildman–Crippen MR) is 126 cm³/mol. The van der Waals surface area contributed by atoms with Gasteiger partial charge in [-0.3, -0.25) is 9.59 Å². The van der Waals surface area contributed by atoms with E-state index in [1.54, 1.807) is 0 Å². The van der Waals surface area contributed by atoms with Crippen LogP contribution >= 0.6 is 0 Å². The Morgan fingerprint density at radius 1 is 1.00 bits per heavy atom. The molecule has 3 heterocycles. The van der Waals surface area contributed by atoms with Gasteiger partial charge in [-0.05, 0) is 37.2 Å². The van der Waals surface area contributed by atoms with Crippen LogP contribution in [-0.4, -0.2) is 33.0 Å². The lowest BCUT2D eigenvalue weighted by atomic mass is 9.91. The molecule has 1 aromatic carbocycles.